The first-order chi connectivity index (χ1) is 6.15. The number of rotatable bonds is 2. The summed E-state index contributed by atoms with van der Waals surface area (Å²) in [7, 11) is 3.65. The molecule has 1 amide bonds. The Hall–Kier alpha value is -0.220. The number of thiol groups is 1. The first-order valence-electron chi connectivity index (χ1n) is 4.76. The first-order valence-corrected chi connectivity index (χ1v) is 5.20. The molecular formula is C9H18N2OS. The van der Waals surface area contributed by atoms with Gasteiger partial charge in [0.25, 0.3) is 0 Å². The topological polar surface area (TPSA) is 32.3 Å². The van der Waals surface area contributed by atoms with Crippen molar-refractivity contribution in [3.63, 3.8) is 0 Å². The molecular weight excluding hydrogens is 184 g/mol. The highest BCUT2D eigenvalue weighted by atomic mass is 32.1. The maximum Gasteiger partial charge on any atom is 0.225 e. The number of hydrogen-bond donors (Lipinski definition) is 2. The Labute approximate surface area is 85.4 Å². The second-order valence-electron chi connectivity index (χ2n) is 3.91. The standard InChI is InChI=1S/C9H18N2OS/c1-11(2)9(12)7-3-5-8(10-13)6-4-7/h7-8,10,13H,3-6H2,1-2H3. The average molecular weight is 202 g/mol. The summed E-state index contributed by atoms with van der Waals surface area (Å²) in [5, 5.41) is 0. The van der Waals surface area contributed by atoms with Gasteiger partial charge in [0.2, 0.25) is 5.91 Å². The van der Waals surface area contributed by atoms with E-state index >= 15 is 0 Å². The number of nitrogens with zero attached hydrogens (tertiary/aromatic N) is 1. The molecule has 1 aliphatic carbocycles. The summed E-state index contributed by atoms with van der Waals surface area (Å²) in [6.45, 7) is 0. The van der Waals surface area contributed by atoms with Gasteiger partial charge in [0.05, 0.1) is 0 Å². The Balaban J connectivity index is 2.36. The summed E-state index contributed by atoms with van der Waals surface area (Å²) in [6, 6.07) is 0.495. The van der Waals surface area contributed by atoms with Crippen LogP contribution in [0.25, 0.3) is 0 Å². The van der Waals surface area contributed by atoms with Crippen LogP contribution >= 0.6 is 12.8 Å². The molecule has 0 atom stereocenters. The van der Waals surface area contributed by atoms with Crippen LogP contribution in [0.5, 0.6) is 0 Å². The van der Waals surface area contributed by atoms with E-state index in [0.29, 0.717) is 6.04 Å². The Morgan fingerprint density at radius 2 is 1.85 bits per heavy atom. The molecule has 13 heavy (non-hydrogen) atoms. The zero-order valence-corrected chi connectivity index (χ0v) is 9.18. The van der Waals surface area contributed by atoms with Gasteiger partial charge in [-0.3, -0.25) is 9.52 Å². The van der Waals surface area contributed by atoms with E-state index < -0.39 is 0 Å². The lowest BCUT2D eigenvalue weighted by atomic mass is 9.86. The molecule has 0 radical (unpaired) electrons. The molecule has 0 aromatic heterocycles. The number of carbonyl (C=O) groups is 1. The van der Waals surface area contributed by atoms with Crippen LogP contribution in [0.3, 0.4) is 0 Å². The maximum absolute atomic E-state index is 11.6. The molecule has 0 aliphatic heterocycles. The van der Waals surface area contributed by atoms with Crippen LogP contribution in [0.2, 0.25) is 0 Å². The molecule has 4 heteroatoms. The number of hydrogen-bond acceptors (Lipinski definition) is 3. The lowest BCUT2D eigenvalue weighted by molar-refractivity contribution is -0.134. The fraction of sp³-hybridized carbons (Fsp3) is 0.889. The Bertz CT molecular complexity index is 176. The summed E-state index contributed by atoms with van der Waals surface area (Å²) in [6.07, 6.45) is 4.12. The van der Waals surface area contributed by atoms with E-state index in [2.05, 4.69) is 17.5 Å². The van der Waals surface area contributed by atoms with Gasteiger partial charge in [-0.05, 0) is 25.7 Å². The summed E-state index contributed by atoms with van der Waals surface area (Å²) < 4.78 is 2.96. The van der Waals surface area contributed by atoms with Crippen LogP contribution in [0.4, 0.5) is 0 Å². The Kier molecular flexibility index (Phi) is 4.06. The maximum atomic E-state index is 11.6. The van der Waals surface area contributed by atoms with Crippen LogP contribution in [0, 0.1) is 5.92 Å². The van der Waals surface area contributed by atoms with Crippen LogP contribution < -0.4 is 4.72 Å². The van der Waals surface area contributed by atoms with Crippen molar-refractivity contribution in [3.05, 3.63) is 0 Å². The molecule has 1 saturated carbocycles. The Morgan fingerprint density at radius 3 is 2.23 bits per heavy atom. The number of amides is 1. The normalized spacial score (nSPS) is 28.5. The lowest BCUT2D eigenvalue weighted by Crippen LogP contribution is -2.35. The minimum Gasteiger partial charge on any atom is -0.349 e. The first kappa shape index (κ1) is 10.9. The third kappa shape index (κ3) is 2.88. The van der Waals surface area contributed by atoms with Crippen LogP contribution in [-0.2, 0) is 4.79 Å². The highest BCUT2D eigenvalue weighted by molar-refractivity contribution is 7.78. The van der Waals surface area contributed by atoms with Gasteiger partial charge in [0.1, 0.15) is 0 Å². The zero-order valence-electron chi connectivity index (χ0n) is 8.29. The SMILES string of the molecule is CN(C)C(=O)C1CCC(NS)CC1. The molecule has 1 rings (SSSR count). The fourth-order valence-electron chi connectivity index (χ4n) is 1.83. The van der Waals surface area contributed by atoms with Gasteiger partial charge in [-0.2, -0.15) is 0 Å². The highest BCUT2D eigenvalue weighted by Gasteiger charge is 2.26. The van der Waals surface area contributed by atoms with E-state index in [-0.39, 0.29) is 11.8 Å². The van der Waals surface area contributed by atoms with Crippen molar-refractivity contribution < 1.29 is 4.79 Å². The second-order valence-corrected chi connectivity index (χ2v) is 4.17. The molecule has 0 aromatic carbocycles. The van der Waals surface area contributed by atoms with Gasteiger partial charge < -0.3 is 4.90 Å². The van der Waals surface area contributed by atoms with Crippen LogP contribution in [0.1, 0.15) is 25.7 Å². The van der Waals surface area contributed by atoms with E-state index in [1.54, 1.807) is 4.90 Å². The van der Waals surface area contributed by atoms with Crippen molar-refractivity contribution in [3.8, 4) is 0 Å². The molecule has 0 spiro atoms. The summed E-state index contributed by atoms with van der Waals surface area (Å²) in [5.74, 6) is 0.519. The van der Waals surface area contributed by atoms with Crippen molar-refractivity contribution >= 4 is 18.7 Å². The molecule has 76 valence electrons. The van der Waals surface area contributed by atoms with E-state index in [1.165, 1.54) is 0 Å². The third-order valence-corrected chi connectivity index (χ3v) is 3.06. The molecule has 1 N–H and O–H groups in total. The van der Waals surface area contributed by atoms with E-state index in [9.17, 15) is 4.79 Å². The minimum atomic E-state index is 0.243. The van der Waals surface area contributed by atoms with E-state index in [1.807, 2.05) is 14.1 Å². The summed E-state index contributed by atoms with van der Waals surface area (Å²) in [5.41, 5.74) is 0. The van der Waals surface area contributed by atoms with Crippen molar-refractivity contribution in [2.75, 3.05) is 14.1 Å². The largest absolute Gasteiger partial charge is 0.349 e. The molecule has 0 unspecified atom stereocenters. The molecule has 0 aromatic rings. The predicted octanol–water partition coefficient (Wildman–Crippen LogP) is 1.07. The van der Waals surface area contributed by atoms with Gasteiger partial charge in [0.15, 0.2) is 0 Å². The zero-order chi connectivity index (χ0) is 9.84. The van der Waals surface area contributed by atoms with Gasteiger partial charge in [0, 0.05) is 26.1 Å². The molecule has 1 fully saturated rings. The van der Waals surface area contributed by atoms with Crippen molar-refractivity contribution in [2.24, 2.45) is 5.92 Å². The average Bonchev–Trinajstić information content (AvgIpc) is 2.17. The fourth-order valence-corrected chi connectivity index (χ4v) is 2.09. The van der Waals surface area contributed by atoms with Crippen LogP contribution in [-0.4, -0.2) is 30.9 Å². The van der Waals surface area contributed by atoms with Crippen LogP contribution in [0.15, 0.2) is 0 Å². The highest BCUT2D eigenvalue weighted by Crippen LogP contribution is 2.25. The summed E-state index contributed by atoms with van der Waals surface area (Å²) >= 11 is 4.04. The molecule has 3 nitrogen and oxygen atoms in total. The van der Waals surface area contributed by atoms with Gasteiger partial charge in [-0.15, -0.1) is 0 Å². The van der Waals surface area contributed by atoms with Gasteiger partial charge in [-0.25, -0.2) is 0 Å². The van der Waals surface area contributed by atoms with E-state index in [0.717, 1.165) is 25.7 Å². The van der Waals surface area contributed by atoms with E-state index in [4.69, 9.17) is 0 Å². The molecule has 0 heterocycles. The van der Waals surface area contributed by atoms with Crippen molar-refractivity contribution in [1.82, 2.24) is 9.62 Å². The van der Waals surface area contributed by atoms with Crippen molar-refractivity contribution in [2.45, 2.75) is 31.7 Å². The molecule has 1 aliphatic rings. The van der Waals surface area contributed by atoms with Crippen molar-refractivity contribution in [1.29, 1.82) is 0 Å². The Morgan fingerprint density at radius 1 is 1.31 bits per heavy atom. The number of nitrogens with one attached hydrogen (secondary N) is 1. The van der Waals surface area contributed by atoms with Gasteiger partial charge in [-0.1, -0.05) is 12.8 Å². The molecule has 0 bridgehead atoms. The number of carbonyl (C=O) groups excluding carboxylic acids is 1. The predicted molar refractivity (Wildman–Crippen MR) is 56.6 cm³/mol. The minimum absolute atomic E-state index is 0.243. The second kappa shape index (κ2) is 4.86. The lowest BCUT2D eigenvalue weighted by Gasteiger charge is -2.28. The van der Waals surface area contributed by atoms with Gasteiger partial charge >= 0.3 is 0 Å². The third-order valence-electron chi connectivity index (χ3n) is 2.70. The smallest absolute Gasteiger partial charge is 0.225 e. The quantitative estimate of drug-likeness (QED) is 0.657. The molecule has 0 saturated heterocycles. The summed E-state index contributed by atoms with van der Waals surface area (Å²) in [4.78, 5) is 13.3. The monoisotopic (exact) mass is 202 g/mol.